The van der Waals surface area contributed by atoms with Crippen LogP contribution in [0, 0.1) is 0 Å². The molecule has 0 rings (SSSR count). The number of carbonyl (C=O) groups is 1. The number of unbranched alkanes of at least 4 members (excludes halogenated alkanes) is 18. The third-order valence-corrected chi connectivity index (χ3v) is 9.70. The lowest BCUT2D eigenvalue weighted by atomic mass is 10.1. The zero-order valence-electron chi connectivity index (χ0n) is 33.8. The number of allylic oxidation sites excluding steroid dienone is 6. The van der Waals surface area contributed by atoms with Gasteiger partial charge >= 0.3 is 13.8 Å². The van der Waals surface area contributed by atoms with Gasteiger partial charge in [-0.15, -0.1) is 0 Å². The van der Waals surface area contributed by atoms with Crippen molar-refractivity contribution in [3.05, 3.63) is 36.5 Å². The van der Waals surface area contributed by atoms with E-state index in [0.717, 1.165) is 57.8 Å². The van der Waals surface area contributed by atoms with E-state index in [-0.39, 0.29) is 25.8 Å². The summed E-state index contributed by atoms with van der Waals surface area (Å²) in [5.74, 6) is -0.324. The first-order valence-corrected chi connectivity index (χ1v) is 22.2. The van der Waals surface area contributed by atoms with Crippen molar-refractivity contribution in [2.45, 2.75) is 174 Å². The highest BCUT2D eigenvalue weighted by Gasteiger charge is 2.26. The number of esters is 1. The van der Waals surface area contributed by atoms with Crippen LogP contribution in [0.1, 0.15) is 168 Å². The largest absolute Gasteiger partial charge is 0.472 e. The van der Waals surface area contributed by atoms with Crippen molar-refractivity contribution in [3.8, 4) is 0 Å². The molecule has 0 aliphatic carbocycles. The van der Waals surface area contributed by atoms with E-state index in [1.807, 2.05) is 21.1 Å². The van der Waals surface area contributed by atoms with Gasteiger partial charge in [-0.25, -0.2) is 4.57 Å². The average Bonchev–Trinajstić information content (AvgIpc) is 3.08. The van der Waals surface area contributed by atoms with Crippen molar-refractivity contribution >= 4 is 13.8 Å². The molecule has 51 heavy (non-hydrogen) atoms. The third kappa shape index (κ3) is 39.8. The minimum atomic E-state index is -4.27. The lowest BCUT2D eigenvalue weighted by Gasteiger charge is -2.24. The number of carbonyl (C=O) groups excluding carboxylic acids is 1. The van der Waals surface area contributed by atoms with Crippen molar-refractivity contribution in [2.75, 3.05) is 54.1 Å². The number of phosphoric ester groups is 1. The number of hydrogen-bond acceptors (Lipinski definition) is 6. The van der Waals surface area contributed by atoms with E-state index in [0.29, 0.717) is 24.1 Å². The van der Waals surface area contributed by atoms with Crippen LogP contribution in [0.2, 0.25) is 0 Å². The monoisotopic (exact) mass is 743 g/mol. The Kier molecular flexibility index (Phi) is 34.8. The van der Waals surface area contributed by atoms with Crippen LogP contribution in [0.25, 0.3) is 0 Å². The molecule has 0 saturated carbocycles. The van der Waals surface area contributed by atoms with Gasteiger partial charge in [-0.3, -0.25) is 13.8 Å². The number of quaternary nitrogens is 1. The van der Waals surface area contributed by atoms with E-state index < -0.39 is 13.9 Å². The maximum absolute atomic E-state index is 12.7. The summed E-state index contributed by atoms with van der Waals surface area (Å²) in [4.78, 5) is 22.8. The Morgan fingerprint density at radius 3 is 1.71 bits per heavy atom. The molecule has 0 radical (unpaired) electrons. The third-order valence-electron chi connectivity index (χ3n) is 8.72. The Labute approximate surface area is 315 Å². The van der Waals surface area contributed by atoms with E-state index in [4.69, 9.17) is 18.5 Å². The SMILES string of the molecule is CC/C=C\C/C=C\C/C=C\CCCCCCCCCC(=O)OC(COCCCCCCCCCCCCCC)COP(=O)(O)OCC[N+](C)(C)C. The number of nitrogens with zero attached hydrogens (tertiary/aromatic N) is 1. The highest BCUT2D eigenvalue weighted by atomic mass is 31.2. The molecular weight excluding hydrogens is 661 g/mol. The van der Waals surface area contributed by atoms with Crippen molar-refractivity contribution < 1.29 is 37.3 Å². The Bertz CT molecular complexity index is 915. The fraction of sp³-hybridized carbons (Fsp3) is 0.833. The lowest BCUT2D eigenvalue weighted by Crippen LogP contribution is -2.37. The van der Waals surface area contributed by atoms with E-state index >= 15 is 0 Å². The molecule has 0 aromatic heterocycles. The molecule has 8 nitrogen and oxygen atoms in total. The van der Waals surface area contributed by atoms with Gasteiger partial charge in [0.2, 0.25) is 0 Å². The van der Waals surface area contributed by atoms with Gasteiger partial charge in [0.25, 0.3) is 0 Å². The number of phosphoric acid groups is 1. The summed E-state index contributed by atoms with van der Waals surface area (Å²) in [5.41, 5.74) is 0. The van der Waals surface area contributed by atoms with Gasteiger partial charge < -0.3 is 18.9 Å². The maximum Gasteiger partial charge on any atom is 0.472 e. The molecule has 0 amide bonds. The molecule has 0 aromatic carbocycles. The summed E-state index contributed by atoms with van der Waals surface area (Å²) in [5, 5.41) is 0. The van der Waals surface area contributed by atoms with Gasteiger partial charge in [-0.1, -0.05) is 153 Å². The van der Waals surface area contributed by atoms with Crippen molar-refractivity contribution in [3.63, 3.8) is 0 Å². The topological polar surface area (TPSA) is 91.3 Å². The summed E-state index contributed by atoms with van der Waals surface area (Å²) in [7, 11) is 1.66. The molecule has 0 aromatic rings. The van der Waals surface area contributed by atoms with Crippen LogP contribution in [0.5, 0.6) is 0 Å². The van der Waals surface area contributed by atoms with Gasteiger partial charge in [0.05, 0.1) is 34.4 Å². The first-order valence-electron chi connectivity index (χ1n) is 20.7. The number of rotatable bonds is 38. The summed E-state index contributed by atoms with van der Waals surface area (Å²) in [6.45, 7) is 5.50. The summed E-state index contributed by atoms with van der Waals surface area (Å²) in [6, 6.07) is 0. The van der Waals surface area contributed by atoms with E-state index in [1.54, 1.807) is 0 Å². The number of ether oxygens (including phenoxy) is 2. The molecule has 0 spiro atoms. The van der Waals surface area contributed by atoms with Crippen LogP contribution in [-0.4, -0.2) is 75.6 Å². The molecule has 2 atom stereocenters. The zero-order chi connectivity index (χ0) is 37.7. The highest BCUT2D eigenvalue weighted by Crippen LogP contribution is 2.43. The summed E-state index contributed by atoms with van der Waals surface area (Å²) in [6.07, 6.45) is 40.2. The Morgan fingerprint density at radius 1 is 0.627 bits per heavy atom. The first-order chi connectivity index (χ1) is 24.6. The normalized spacial score (nSPS) is 14.2. The number of hydrogen-bond donors (Lipinski definition) is 1. The smallest absolute Gasteiger partial charge is 0.457 e. The van der Waals surface area contributed by atoms with Gasteiger partial charge in [0, 0.05) is 13.0 Å². The fourth-order valence-corrected chi connectivity index (χ4v) is 6.25. The lowest BCUT2D eigenvalue weighted by molar-refractivity contribution is -0.870. The van der Waals surface area contributed by atoms with Gasteiger partial charge in [-0.2, -0.15) is 0 Å². The highest BCUT2D eigenvalue weighted by molar-refractivity contribution is 7.47. The van der Waals surface area contributed by atoms with Crippen molar-refractivity contribution in [2.24, 2.45) is 0 Å². The Hall–Kier alpha value is -1.28. The molecule has 1 N–H and O–H groups in total. The van der Waals surface area contributed by atoms with Crippen molar-refractivity contribution in [1.82, 2.24) is 0 Å². The second-order valence-electron chi connectivity index (χ2n) is 15.0. The van der Waals surface area contributed by atoms with Crippen LogP contribution in [0.15, 0.2) is 36.5 Å². The van der Waals surface area contributed by atoms with Crippen LogP contribution in [0.4, 0.5) is 0 Å². The fourth-order valence-electron chi connectivity index (χ4n) is 5.51. The number of likely N-dealkylation sites (N-methyl/N-ethyl adjacent to an activating group) is 1. The Morgan fingerprint density at radius 2 is 1.14 bits per heavy atom. The summed E-state index contributed by atoms with van der Waals surface area (Å²) >= 11 is 0. The molecule has 0 fully saturated rings. The van der Waals surface area contributed by atoms with Gasteiger partial charge in [-0.05, 0) is 44.9 Å². The standard InChI is InChI=1S/C42H80NO7P/c1-6-8-10-12-14-16-18-20-21-22-23-24-25-27-29-31-33-35-42(44)50-41(40-49-51(45,46)48-38-36-43(3,4)5)39-47-37-34-32-30-28-26-19-17-15-13-11-9-7-2/h8,10,14,16,20-21,41H,6-7,9,11-13,15,17-19,22-40H2,1-5H3/p+1/b10-8-,16-14-,21-20-. The predicted molar refractivity (Wildman–Crippen MR) is 215 cm³/mol. The molecule has 2 unspecified atom stereocenters. The first kappa shape index (κ1) is 49.7. The predicted octanol–water partition coefficient (Wildman–Crippen LogP) is 11.8. The molecular formula is C42H81NO7P+. The maximum atomic E-state index is 12.7. The minimum Gasteiger partial charge on any atom is -0.457 e. The minimum absolute atomic E-state index is 0.0870. The molecule has 0 aliphatic heterocycles. The van der Waals surface area contributed by atoms with Crippen LogP contribution < -0.4 is 0 Å². The molecule has 0 heterocycles. The van der Waals surface area contributed by atoms with E-state index in [1.165, 1.54) is 89.9 Å². The van der Waals surface area contributed by atoms with E-state index in [2.05, 4.69) is 50.3 Å². The Balaban J connectivity index is 4.26. The molecule has 0 bridgehead atoms. The van der Waals surface area contributed by atoms with Crippen molar-refractivity contribution in [1.29, 1.82) is 0 Å². The summed E-state index contributed by atoms with van der Waals surface area (Å²) < 4.78 is 34.9. The molecule has 0 saturated heterocycles. The van der Waals surface area contributed by atoms with Crippen LogP contribution >= 0.6 is 7.82 Å². The molecule has 0 aliphatic rings. The second kappa shape index (κ2) is 35.7. The van der Waals surface area contributed by atoms with Gasteiger partial charge in [0.15, 0.2) is 0 Å². The quantitative estimate of drug-likeness (QED) is 0.0221. The van der Waals surface area contributed by atoms with Gasteiger partial charge in [0.1, 0.15) is 19.3 Å². The van der Waals surface area contributed by atoms with E-state index in [9.17, 15) is 14.3 Å². The average molecular weight is 743 g/mol. The van der Waals surface area contributed by atoms with Crippen LogP contribution in [-0.2, 0) is 27.9 Å². The zero-order valence-corrected chi connectivity index (χ0v) is 34.7. The molecule has 300 valence electrons. The molecule has 9 heteroatoms. The van der Waals surface area contributed by atoms with Crippen LogP contribution in [0.3, 0.4) is 0 Å². The second-order valence-corrected chi connectivity index (χ2v) is 16.4.